The summed E-state index contributed by atoms with van der Waals surface area (Å²) in [5, 5.41) is 13.6. The Kier molecular flexibility index (Phi) is 6.21. The molecule has 2 saturated heterocycles. The molecule has 1 aromatic rings. The highest BCUT2D eigenvalue weighted by Gasteiger charge is 2.50. The third-order valence-corrected chi connectivity index (χ3v) is 5.90. The highest BCUT2D eigenvalue weighted by Crippen LogP contribution is 2.37. The molecule has 7 heteroatoms. The Hall–Kier alpha value is -1.99. The minimum atomic E-state index is -0.937. The van der Waals surface area contributed by atoms with Crippen LogP contribution in [0, 0.1) is 5.92 Å². The quantitative estimate of drug-likeness (QED) is 0.702. The molecule has 0 amide bonds. The van der Waals surface area contributed by atoms with Gasteiger partial charge in [0.2, 0.25) is 0 Å². The number of nitrogens with one attached hydrogen (secondary N) is 1. The Morgan fingerprint density at radius 3 is 2.46 bits per heavy atom. The molecule has 0 aliphatic carbocycles. The maximum absolute atomic E-state index is 12.5. The van der Waals surface area contributed by atoms with Gasteiger partial charge >= 0.3 is 5.97 Å². The average molecular weight is 360 g/mol. The lowest BCUT2D eigenvalue weighted by molar-refractivity contribution is -0.158. The zero-order valence-corrected chi connectivity index (χ0v) is 15.1. The number of carboxylic acid groups (broad SMARTS) is 1. The van der Waals surface area contributed by atoms with Gasteiger partial charge in [0.1, 0.15) is 11.8 Å². The Bertz CT molecular complexity index is 598. The summed E-state index contributed by atoms with van der Waals surface area (Å²) < 4.78 is 0. The van der Waals surface area contributed by atoms with Crippen LogP contribution in [0.4, 0.5) is 5.69 Å². The minimum Gasteiger partial charge on any atom is -0.480 e. The molecule has 2 N–H and O–H groups in total. The summed E-state index contributed by atoms with van der Waals surface area (Å²) in [5.41, 5.74) is 0.184. The lowest BCUT2D eigenvalue weighted by atomic mass is 9.73. The van der Waals surface area contributed by atoms with Crippen molar-refractivity contribution in [2.75, 3.05) is 44.2 Å². The molecule has 0 radical (unpaired) electrons. The number of piperidine rings is 1. The maximum Gasteiger partial charge on any atom is 0.324 e. The van der Waals surface area contributed by atoms with Crippen LogP contribution in [0.3, 0.4) is 0 Å². The molecule has 2 aliphatic rings. The van der Waals surface area contributed by atoms with E-state index in [4.69, 9.17) is 0 Å². The number of hydrogen-bond acceptors (Lipinski definition) is 6. The van der Waals surface area contributed by atoms with Crippen LogP contribution in [-0.4, -0.2) is 72.1 Å². The lowest BCUT2D eigenvalue weighted by Gasteiger charge is -2.50. The predicted octanol–water partition coefficient (Wildman–Crippen LogP) is 1.01. The normalized spacial score (nSPS) is 21.9. The summed E-state index contributed by atoms with van der Waals surface area (Å²) in [6.45, 7) is 4.64. The first-order valence-electron chi connectivity index (χ1n) is 9.46. The van der Waals surface area contributed by atoms with Crippen molar-refractivity contribution < 1.29 is 14.7 Å². The minimum absolute atomic E-state index is 0.0775. The first kappa shape index (κ1) is 18.8. The summed E-state index contributed by atoms with van der Waals surface area (Å²) in [6.07, 6.45) is 6.79. The van der Waals surface area contributed by atoms with Gasteiger partial charge in [0.25, 0.3) is 0 Å². The van der Waals surface area contributed by atoms with E-state index in [0.717, 1.165) is 51.0 Å². The van der Waals surface area contributed by atoms with Crippen molar-refractivity contribution >= 4 is 17.9 Å². The van der Waals surface area contributed by atoms with Crippen molar-refractivity contribution in [3.63, 3.8) is 0 Å². The van der Waals surface area contributed by atoms with Gasteiger partial charge in [0.15, 0.2) is 0 Å². The molecule has 7 nitrogen and oxygen atoms in total. The third-order valence-electron chi connectivity index (χ3n) is 5.90. The number of piperazine rings is 1. The molecule has 0 spiro atoms. The maximum atomic E-state index is 12.5. The molecule has 2 aliphatic heterocycles. The van der Waals surface area contributed by atoms with Crippen LogP contribution in [0.25, 0.3) is 0 Å². The molecule has 26 heavy (non-hydrogen) atoms. The summed E-state index contributed by atoms with van der Waals surface area (Å²) in [6, 6.07) is 3.97. The first-order valence-corrected chi connectivity index (χ1v) is 9.46. The Morgan fingerprint density at radius 2 is 1.88 bits per heavy atom. The molecular weight excluding hydrogens is 332 g/mol. The van der Waals surface area contributed by atoms with Crippen molar-refractivity contribution in [1.29, 1.82) is 0 Å². The number of aliphatic carboxylic acids is 1. The van der Waals surface area contributed by atoms with Crippen LogP contribution in [0.15, 0.2) is 24.5 Å². The first-order chi connectivity index (χ1) is 12.7. The van der Waals surface area contributed by atoms with E-state index in [9.17, 15) is 14.7 Å². The molecule has 2 fully saturated rings. The third kappa shape index (κ3) is 3.73. The molecule has 0 saturated carbocycles. The second-order valence-corrected chi connectivity index (χ2v) is 7.14. The van der Waals surface area contributed by atoms with Crippen LogP contribution in [-0.2, 0) is 9.59 Å². The number of pyridine rings is 1. The van der Waals surface area contributed by atoms with Crippen molar-refractivity contribution in [3.8, 4) is 0 Å². The summed E-state index contributed by atoms with van der Waals surface area (Å²) >= 11 is 0. The second-order valence-electron chi connectivity index (χ2n) is 7.14. The number of carbonyl (C=O) groups is 2. The summed E-state index contributed by atoms with van der Waals surface area (Å²) in [4.78, 5) is 32.0. The fraction of sp³-hybridized carbons (Fsp3) is 0.632. The topological polar surface area (TPSA) is 85.8 Å². The van der Waals surface area contributed by atoms with E-state index in [1.54, 1.807) is 12.4 Å². The van der Waals surface area contributed by atoms with E-state index in [1.807, 2.05) is 12.1 Å². The van der Waals surface area contributed by atoms with Crippen LogP contribution in [0.2, 0.25) is 0 Å². The number of aromatic nitrogens is 1. The second kappa shape index (κ2) is 8.60. The SMILES string of the molecule is O=CCCC(C(=O)O)(C1CCNCC1)N1CCN(c2ccncc2)CC1. The van der Waals surface area contributed by atoms with Crippen LogP contribution < -0.4 is 10.2 Å². The van der Waals surface area contributed by atoms with Gasteiger partial charge in [-0.1, -0.05) is 0 Å². The Labute approximate surface area is 154 Å². The Morgan fingerprint density at radius 1 is 1.23 bits per heavy atom. The molecule has 1 unspecified atom stereocenters. The van der Waals surface area contributed by atoms with Crippen molar-refractivity contribution in [2.45, 2.75) is 31.2 Å². The molecule has 3 rings (SSSR count). The fourth-order valence-electron chi connectivity index (χ4n) is 4.53. The molecule has 0 bridgehead atoms. The van der Waals surface area contributed by atoms with E-state index in [0.29, 0.717) is 25.9 Å². The largest absolute Gasteiger partial charge is 0.480 e. The fourth-order valence-corrected chi connectivity index (χ4v) is 4.53. The number of aldehydes is 1. The molecule has 142 valence electrons. The highest BCUT2D eigenvalue weighted by molar-refractivity contribution is 5.80. The van der Waals surface area contributed by atoms with E-state index < -0.39 is 11.5 Å². The lowest BCUT2D eigenvalue weighted by Crippen LogP contribution is -2.65. The van der Waals surface area contributed by atoms with Gasteiger partial charge in [0.05, 0.1) is 0 Å². The van der Waals surface area contributed by atoms with E-state index in [-0.39, 0.29) is 5.92 Å². The molecule has 1 aromatic heterocycles. The van der Waals surface area contributed by atoms with Gasteiger partial charge < -0.3 is 20.1 Å². The van der Waals surface area contributed by atoms with Gasteiger partial charge in [-0.3, -0.25) is 14.7 Å². The van der Waals surface area contributed by atoms with E-state index in [1.165, 1.54) is 0 Å². The van der Waals surface area contributed by atoms with Gasteiger partial charge in [-0.2, -0.15) is 0 Å². The summed E-state index contributed by atoms with van der Waals surface area (Å²) in [7, 11) is 0. The van der Waals surface area contributed by atoms with Crippen molar-refractivity contribution in [2.24, 2.45) is 5.92 Å². The highest BCUT2D eigenvalue weighted by atomic mass is 16.4. The van der Waals surface area contributed by atoms with Crippen LogP contribution in [0.5, 0.6) is 0 Å². The van der Waals surface area contributed by atoms with Gasteiger partial charge in [-0.05, 0) is 50.4 Å². The molecular formula is C19H28N4O3. The summed E-state index contributed by atoms with van der Waals surface area (Å²) in [5.74, 6) is -0.697. The van der Waals surface area contributed by atoms with Gasteiger partial charge in [0, 0.05) is 50.7 Å². The van der Waals surface area contributed by atoms with Crippen molar-refractivity contribution in [3.05, 3.63) is 24.5 Å². The zero-order valence-electron chi connectivity index (χ0n) is 15.1. The van der Waals surface area contributed by atoms with Gasteiger partial charge in [-0.15, -0.1) is 0 Å². The smallest absolute Gasteiger partial charge is 0.324 e. The van der Waals surface area contributed by atoms with E-state index in [2.05, 4.69) is 20.1 Å². The molecule has 3 heterocycles. The number of rotatable bonds is 7. The van der Waals surface area contributed by atoms with E-state index >= 15 is 0 Å². The molecule has 1 atom stereocenters. The predicted molar refractivity (Wildman–Crippen MR) is 99.3 cm³/mol. The number of hydrogen-bond donors (Lipinski definition) is 2. The Balaban J connectivity index is 1.78. The monoisotopic (exact) mass is 360 g/mol. The number of anilines is 1. The van der Waals surface area contributed by atoms with Crippen molar-refractivity contribution in [1.82, 2.24) is 15.2 Å². The van der Waals surface area contributed by atoms with Crippen LogP contribution in [0.1, 0.15) is 25.7 Å². The van der Waals surface area contributed by atoms with Gasteiger partial charge in [-0.25, -0.2) is 0 Å². The number of nitrogens with zero attached hydrogens (tertiary/aromatic N) is 3. The number of carbonyl (C=O) groups excluding carboxylic acids is 1. The number of carboxylic acids is 1. The van der Waals surface area contributed by atoms with Crippen LogP contribution >= 0.6 is 0 Å². The zero-order chi connectivity index (χ0) is 18.4. The average Bonchev–Trinajstić information content (AvgIpc) is 2.70. The molecule has 0 aromatic carbocycles. The standard InChI is InChI=1S/C19H28N4O3/c24-15-1-6-19(18(25)26,16-2-7-20-8-3-16)23-13-11-22(12-14-23)17-4-9-21-10-5-17/h4-5,9-10,15-16,20H,1-3,6-8,11-14H2,(H,25,26).